The minimum Gasteiger partial charge on any atom is -0.342 e. The number of nitrogens with one attached hydrogen (secondary N) is 3. The smallest absolute Gasteiger partial charge is 0.245 e. The first-order valence-corrected chi connectivity index (χ1v) is 18.0. The van der Waals surface area contributed by atoms with Gasteiger partial charge in [0.25, 0.3) is 0 Å². The first-order chi connectivity index (χ1) is 24.0. The third-order valence-electron chi connectivity index (χ3n) is 10.5. The molecule has 0 aromatic heterocycles. The molecule has 1 unspecified atom stereocenters. The number of nitrogens with zero attached hydrogens (tertiary/aromatic N) is 2. The molecule has 254 valence electrons. The normalized spacial score (nSPS) is 20.9. The maximum Gasteiger partial charge on any atom is 0.245 e. The van der Waals surface area contributed by atoms with E-state index in [9.17, 15) is 14.4 Å². The van der Waals surface area contributed by atoms with Gasteiger partial charge in [-0.05, 0) is 97.2 Å². The number of hydrogen-bond acceptors (Lipinski definition) is 5. The SMILES string of the molecule is O=C1N[C@@H](C(Cc2ccc(-c3ccccc3)cc2)N(CC2CCNCC2)C(=O)CN2CCCC2)C(=O)N[C@H]1Cc1ccc2ccccc2c1. The van der Waals surface area contributed by atoms with Crippen LogP contribution in [0.1, 0.15) is 36.8 Å². The van der Waals surface area contributed by atoms with Crippen LogP contribution in [0, 0.1) is 5.92 Å². The molecule has 3 atom stereocenters. The van der Waals surface area contributed by atoms with Gasteiger partial charge in [0.05, 0.1) is 12.6 Å². The molecular weight excluding hydrogens is 610 g/mol. The molecule has 3 aliphatic rings. The molecule has 0 radical (unpaired) electrons. The summed E-state index contributed by atoms with van der Waals surface area (Å²) in [6.07, 6.45) is 5.00. The fraction of sp³-hybridized carbons (Fsp3) is 0.390. The van der Waals surface area contributed by atoms with Crippen LogP contribution >= 0.6 is 0 Å². The first kappa shape index (κ1) is 33.0. The Morgan fingerprint density at radius 2 is 1.43 bits per heavy atom. The van der Waals surface area contributed by atoms with Crippen LogP contribution in [0.3, 0.4) is 0 Å². The maximum atomic E-state index is 14.3. The second-order valence-electron chi connectivity index (χ2n) is 14.0. The van der Waals surface area contributed by atoms with Crippen molar-refractivity contribution in [2.24, 2.45) is 5.92 Å². The molecule has 3 amide bonds. The fourth-order valence-electron chi connectivity index (χ4n) is 7.76. The van der Waals surface area contributed by atoms with Crippen LogP contribution in [0.5, 0.6) is 0 Å². The van der Waals surface area contributed by atoms with Crippen molar-refractivity contribution >= 4 is 28.5 Å². The van der Waals surface area contributed by atoms with Gasteiger partial charge in [-0.2, -0.15) is 0 Å². The monoisotopic (exact) mass is 657 g/mol. The summed E-state index contributed by atoms with van der Waals surface area (Å²) in [5.41, 5.74) is 4.25. The third kappa shape index (κ3) is 8.03. The highest BCUT2D eigenvalue weighted by atomic mass is 16.2. The molecule has 3 N–H and O–H groups in total. The lowest BCUT2D eigenvalue weighted by Gasteiger charge is -2.42. The Balaban J connectivity index is 1.16. The van der Waals surface area contributed by atoms with E-state index in [2.05, 4.69) is 81.5 Å². The Morgan fingerprint density at radius 3 is 2.18 bits per heavy atom. The van der Waals surface area contributed by atoms with Crippen molar-refractivity contribution in [3.63, 3.8) is 0 Å². The Labute approximate surface area is 289 Å². The van der Waals surface area contributed by atoms with Crippen molar-refractivity contribution in [3.05, 3.63) is 108 Å². The van der Waals surface area contributed by atoms with Gasteiger partial charge in [0, 0.05) is 13.0 Å². The summed E-state index contributed by atoms with van der Waals surface area (Å²) in [4.78, 5) is 46.4. The molecule has 0 bridgehead atoms. The second-order valence-corrected chi connectivity index (χ2v) is 14.0. The molecule has 8 nitrogen and oxygen atoms in total. The zero-order valence-corrected chi connectivity index (χ0v) is 28.2. The Kier molecular flexibility index (Phi) is 10.3. The number of rotatable bonds is 11. The molecule has 4 aromatic carbocycles. The van der Waals surface area contributed by atoms with Crippen molar-refractivity contribution in [1.82, 2.24) is 25.8 Å². The van der Waals surface area contributed by atoms with Crippen molar-refractivity contribution in [2.45, 2.75) is 56.7 Å². The standard InChI is InChI=1S/C41H47N5O3/c47-38(28-45-22-6-7-23-45)46(27-30-18-20-42-21-19-30)37(26-29-12-15-34(16-13-29)32-8-2-1-3-9-32)39-41(49)43-36(40(48)44-39)25-31-14-17-33-10-4-5-11-35(33)24-31/h1-5,8-17,24,30,36-37,39,42H,6-7,18-23,25-28H2,(H,43,49)(H,44,48)/t36-,37?,39-/m0/s1. The minimum atomic E-state index is -0.863. The number of likely N-dealkylation sites (tertiary alicyclic amines) is 1. The van der Waals surface area contributed by atoms with Gasteiger partial charge in [-0.15, -0.1) is 0 Å². The zero-order chi connectivity index (χ0) is 33.6. The Morgan fingerprint density at radius 1 is 0.755 bits per heavy atom. The van der Waals surface area contributed by atoms with E-state index in [-0.39, 0.29) is 17.7 Å². The highest BCUT2D eigenvalue weighted by Crippen LogP contribution is 2.25. The van der Waals surface area contributed by atoms with Gasteiger partial charge < -0.3 is 20.9 Å². The molecule has 7 rings (SSSR count). The topological polar surface area (TPSA) is 93.8 Å². The molecule has 49 heavy (non-hydrogen) atoms. The third-order valence-corrected chi connectivity index (χ3v) is 10.5. The highest BCUT2D eigenvalue weighted by Gasteiger charge is 2.42. The van der Waals surface area contributed by atoms with Crippen LogP contribution in [0.4, 0.5) is 0 Å². The summed E-state index contributed by atoms with van der Waals surface area (Å²) in [5, 5.41) is 11.9. The molecule has 3 heterocycles. The lowest BCUT2D eigenvalue weighted by molar-refractivity contribution is -0.143. The Hall–Kier alpha value is -4.53. The first-order valence-electron chi connectivity index (χ1n) is 18.0. The van der Waals surface area contributed by atoms with Crippen LogP contribution in [0.2, 0.25) is 0 Å². The number of hydrogen-bond donors (Lipinski definition) is 3. The minimum absolute atomic E-state index is 0.0340. The number of piperidine rings is 1. The lowest BCUT2D eigenvalue weighted by atomic mass is 9.90. The van der Waals surface area contributed by atoms with Gasteiger partial charge in [0.15, 0.2) is 0 Å². The average molecular weight is 658 g/mol. The lowest BCUT2D eigenvalue weighted by Crippen LogP contribution is -2.69. The van der Waals surface area contributed by atoms with Gasteiger partial charge >= 0.3 is 0 Å². The average Bonchev–Trinajstić information content (AvgIpc) is 3.65. The molecule has 3 aliphatic heterocycles. The van der Waals surface area contributed by atoms with E-state index in [1.165, 1.54) is 0 Å². The van der Waals surface area contributed by atoms with E-state index >= 15 is 0 Å². The van der Waals surface area contributed by atoms with Crippen molar-refractivity contribution < 1.29 is 14.4 Å². The molecule has 0 saturated carbocycles. The van der Waals surface area contributed by atoms with Crippen molar-refractivity contribution in [3.8, 4) is 11.1 Å². The van der Waals surface area contributed by atoms with Crippen LogP contribution in [-0.2, 0) is 27.2 Å². The quantitative estimate of drug-likeness (QED) is 0.220. The maximum absolute atomic E-state index is 14.3. The highest BCUT2D eigenvalue weighted by molar-refractivity contribution is 5.98. The second kappa shape index (κ2) is 15.3. The molecule has 4 aromatic rings. The van der Waals surface area contributed by atoms with E-state index in [1.54, 1.807) is 0 Å². The molecule has 3 saturated heterocycles. The number of amides is 3. The summed E-state index contributed by atoms with van der Waals surface area (Å²) >= 11 is 0. The van der Waals surface area contributed by atoms with Gasteiger partial charge in [-0.3, -0.25) is 19.3 Å². The molecule has 0 aliphatic carbocycles. The number of carbonyl (C=O) groups is 3. The number of benzene rings is 4. The van der Waals surface area contributed by atoms with Gasteiger partial charge in [-0.25, -0.2) is 0 Å². The zero-order valence-electron chi connectivity index (χ0n) is 28.2. The summed E-state index contributed by atoms with van der Waals surface area (Å²) in [5.74, 6) is -0.0852. The van der Waals surface area contributed by atoms with Gasteiger partial charge in [0.1, 0.15) is 12.1 Å². The van der Waals surface area contributed by atoms with E-state index in [0.29, 0.717) is 31.8 Å². The van der Waals surface area contributed by atoms with E-state index in [1.807, 2.05) is 41.3 Å². The van der Waals surface area contributed by atoms with E-state index in [0.717, 1.165) is 84.9 Å². The summed E-state index contributed by atoms with van der Waals surface area (Å²) in [6, 6.07) is 30.8. The molecular formula is C41H47N5O3. The predicted molar refractivity (Wildman–Crippen MR) is 194 cm³/mol. The fourth-order valence-corrected chi connectivity index (χ4v) is 7.76. The van der Waals surface area contributed by atoms with Crippen LogP contribution in [-0.4, -0.2) is 84.9 Å². The van der Waals surface area contributed by atoms with Crippen molar-refractivity contribution in [1.29, 1.82) is 0 Å². The van der Waals surface area contributed by atoms with Gasteiger partial charge in [-0.1, -0.05) is 97.1 Å². The Bertz CT molecular complexity index is 1750. The number of piperazine rings is 1. The van der Waals surface area contributed by atoms with Crippen LogP contribution < -0.4 is 16.0 Å². The summed E-state index contributed by atoms with van der Waals surface area (Å²) in [7, 11) is 0. The number of carbonyl (C=O) groups excluding carboxylic acids is 3. The largest absolute Gasteiger partial charge is 0.342 e. The van der Waals surface area contributed by atoms with E-state index in [4.69, 9.17) is 0 Å². The van der Waals surface area contributed by atoms with Gasteiger partial charge in [0.2, 0.25) is 17.7 Å². The van der Waals surface area contributed by atoms with Crippen molar-refractivity contribution in [2.75, 3.05) is 39.3 Å². The molecule has 8 heteroatoms. The summed E-state index contributed by atoms with van der Waals surface area (Å²) < 4.78 is 0. The van der Waals surface area contributed by atoms with E-state index < -0.39 is 18.1 Å². The number of fused-ring (bicyclic) bond motifs is 1. The van der Waals surface area contributed by atoms with Crippen LogP contribution in [0.15, 0.2) is 97.1 Å². The molecule has 0 spiro atoms. The predicted octanol–water partition coefficient (Wildman–Crippen LogP) is 4.57. The molecule has 3 fully saturated rings. The van der Waals surface area contributed by atoms with Crippen LogP contribution in [0.25, 0.3) is 21.9 Å². The summed E-state index contributed by atoms with van der Waals surface area (Å²) in [6.45, 7) is 4.57.